The lowest BCUT2D eigenvalue weighted by molar-refractivity contribution is 0.827. The van der Waals surface area contributed by atoms with E-state index in [9.17, 15) is 0 Å². The van der Waals surface area contributed by atoms with Gasteiger partial charge in [-0.1, -0.05) is 6.07 Å². The molecule has 2 aromatic heterocycles. The molecular formula is C9H12N4. The van der Waals surface area contributed by atoms with Crippen LogP contribution in [0, 0.1) is 0 Å². The van der Waals surface area contributed by atoms with E-state index in [-0.39, 0.29) is 0 Å². The largest absolute Gasteiger partial charge is 0.330 e. The van der Waals surface area contributed by atoms with E-state index in [0.29, 0.717) is 0 Å². The molecule has 0 amide bonds. The second kappa shape index (κ2) is 3.53. The molecule has 0 aliphatic rings. The number of nitrogens with two attached hydrogens (primary N) is 1. The van der Waals surface area contributed by atoms with Crippen molar-refractivity contribution in [2.45, 2.75) is 12.8 Å². The molecule has 0 atom stereocenters. The van der Waals surface area contributed by atoms with Gasteiger partial charge < -0.3 is 5.73 Å². The van der Waals surface area contributed by atoms with Crippen LogP contribution in [-0.4, -0.2) is 21.1 Å². The third-order valence-corrected chi connectivity index (χ3v) is 2.04. The summed E-state index contributed by atoms with van der Waals surface area (Å²) in [5.41, 5.74) is 7.61. The highest BCUT2D eigenvalue weighted by Gasteiger charge is 2.01. The van der Waals surface area contributed by atoms with Gasteiger partial charge in [0.1, 0.15) is 6.33 Å². The fraction of sp³-hybridized carbons (Fsp3) is 0.333. The first kappa shape index (κ1) is 8.19. The molecule has 2 N–H and O–H groups in total. The van der Waals surface area contributed by atoms with Gasteiger partial charge in [0, 0.05) is 6.20 Å². The van der Waals surface area contributed by atoms with Gasteiger partial charge in [0.2, 0.25) is 0 Å². The Kier molecular flexibility index (Phi) is 2.23. The van der Waals surface area contributed by atoms with Crippen molar-refractivity contribution in [2.75, 3.05) is 6.54 Å². The SMILES string of the molecule is NCCCc1cccn2ncnc12. The zero-order chi connectivity index (χ0) is 9.10. The molecule has 0 aromatic carbocycles. The van der Waals surface area contributed by atoms with Crippen LogP contribution in [0.4, 0.5) is 0 Å². The molecule has 2 heterocycles. The van der Waals surface area contributed by atoms with Crippen molar-refractivity contribution < 1.29 is 0 Å². The molecule has 4 heteroatoms. The quantitative estimate of drug-likeness (QED) is 0.745. The van der Waals surface area contributed by atoms with Gasteiger partial charge in [0.05, 0.1) is 0 Å². The Morgan fingerprint density at radius 1 is 1.46 bits per heavy atom. The summed E-state index contributed by atoms with van der Waals surface area (Å²) in [5.74, 6) is 0. The zero-order valence-electron chi connectivity index (χ0n) is 7.35. The van der Waals surface area contributed by atoms with E-state index in [4.69, 9.17) is 5.73 Å². The van der Waals surface area contributed by atoms with Gasteiger partial charge in [-0.2, -0.15) is 5.10 Å². The maximum Gasteiger partial charge on any atom is 0.158 e. The Hall–Kier alpha value is -1.42. The van der Waals surface area contributed by atoms with Crippen LogP contribution in [0.1, 0.15) is 12.0 Å². The lowest BCUT2D eigenvalue weighted by Crippen LogP contribution is -2.01. The number of nitrogens with zero attached hydrogens (tertiary/aromatic N) is 3. The van der Waals surface area contributed by atoms with Crippen molar-refractivity contribution in [1.29, 1.82) is 0 Å². The first-order valence-electron chi connectivity index (χ1n) is 4.39. The molecule has 13 heavy (non-hydrogen) atoms. The molecule has 0 bridgehead atoms. The number of rotatable bonds is 3. The molecule has 0 unspecified atom stereocenters. The van der Waals surface area contributed by atoms with E-state index in [1.54, 1.807) is 10.8 Å². The van der Waals surface area contributed by atoms with E-state index in [2.05, 4.69) is 16.1 Å². The molecule has 2 aromatic rings. The van der Waals surface area contributed by atoms with E-state index >= 15 is 0 Å². The Bertz CT molecular complexity index is 393. The van der Waals surface area contributed by atoms with Gasteiger partial charge in [-0.3, -0.25) is 0 Å². The van der Waals surface area contributed by atoms with E-state index in [1.807, 2.05) is 12.3 Å². The molecular weight excluding hydrogens is 164 g/mol. The molecule has 2 rings (SSSR count). The van der Waals surface area contributed by atoms with E-state index < -0.39 is 0 Å². The fourth-order valence-electron chi connectivity index (χ4n) is 1.39. The topological polar surface area (TPSA) is 56.2 Å². The number of pyridine rings is 1. The van der Waals surface area contributed by atoms with Crippen LogP contribution in [0.15, 0.2) is 24.7 Å². The summed E-state index contributed by atoms with van der Waals surface area (Å²) in [6.07, 6.45) is 5.43. The third kappa shape index (κ3) is 1.53. The molecule has 0 radical (unpaired) electrons. The summed E-state index contributed by atoms with van der Waals surface area (Å²) in [6.45, 7) is 0.717. The van der Waals surface area contributed by atoms with Gasteiger partial charge >= 0.3 is 0 Å². The lowest BCUT2D eigenvalue weighted by Gasteiger charge is -2.00. The number of aryl methyl sites for hydroxylation is 1. The van der Waals surface area contributed by atoms with Crippen molar-refractivity contribution in [3.05, 3.63) is 30.2 Å². The normalized spacial score (nSPS) is 10.8. The smallest absolute Gasteiger partial charge is 0.158 e. The molecule has 0 saturated heterocycles. The minimum absolute atomic E-state index is 0.717. The van der Waals surface area contributed by atoms with Crippen LogP contribution in [0.5, 0.6) is 0 Å². The van der Waals surface area contributed by atoms with Crippen LogP contribution >= 0.6 is 0 Å². The van der Waals surface area contributed by atoms with Gasteiger partial charge in [0.15, 0.2) is 5.65 Å². The molecule has 4 nitrogen and oxygen atoms in total. The second-order valence-electron chi connectivity index (χ2n) is 2.95. The Balaban J connectivity index is 2.37. The molecule has 0 saturated carbocycles. The monoisotopic (exact) mass is 176 g/mol. The summed E-state index contributed by atoms with van der Waals surface area (Å²) < 4.78 is 1.78. The Labute approximate surface area is 76.4 Å². The minimum Gasteiger partial charge on any atom is -0.330 e. The summed E-state index contributed by atoms with van der Waals surface area (Å²) in [4.78, 5) is 4.18. The zero-order valence-corrected chi connectivity index (χ0v) is 7.35. The first-order valence-corrected chi connectivity index (χ1v) is 4.39. The number of hydrogen-bond acceptors (Lipinski definition) is 3. The van der Waals surface area contributed by atoms with E-state index in [1.165, 1.54) is 5.56 Å². The summed E-state index contributed by atoms with van der Waals surface area (Å²) in [7, 11) is 0. The summed E-state index contributed by atoms with van der Waals surface area (Å²) in [6, 6.07) is 4.05. The average Bonchev–Trinajstić information content (AvgIpc) is 2.62. The van der Waals surface area contributed by atoms with Crippen LogP contribution < -0.4 is 5.73 Å². The third-order valence-electron chi connectivity index (χ3n) is 2.04. The standard InChI is InChI=1S/C9H12N4/c10-5-1-3-8-4-2-6-13-9(8)11-7-12-13/h2,4,6-7H,1,3,5,10H2. The minimum atomic E-state index is 0.717. The number of hydrogen-bond donors (Lipinski definition) is 1. The highest BCUT2D eigenvalue weighted by atomic mass is 15.3. The van der Waals surface area contributed by atoms with Gasteiger partial charge in [-0.05, 0) is 31.0 Å². The maximum atomic E-state index is 5.45. The summed E-state index contributed by atoms with van der Waals surface area (Å²) >= 11 is 0. The van der Waals surface area contributed by atoms with Crippen molar-refractivity contribution in [3.8, 4) is 0 Å². The molecule has 0 aliphatic carbocycles. The van der Waals surface area contributed by atoms with Crippen molar-refractivity contribution in [1.82, 2.24) is 14.6 Å². The summed E-state index contributed by atoms with van der Waals surface area (Å²) in [5, 5.41) is 4.06. The van der Waals surface area contributed by atoms with Crippen LogP contribution in [-0.2, 0) is 6.42 Å². The molecule has 0 fully saturated rings. The number of fused-ring (bicyclic) bond motifs is 1. The van der Waals surface area contributed by atoms with Gasteiger partial charge in [-0.25, -0.2) is 9.50 Å². The maximum absolute atomic E-state index is 5.45. The van der Waals surface area contributed by atoms with Crippen LogP contribution in [0.2, 0.25) is 0 Å². The van der Waals surface area contributed by atoms with Crippen molar-refractivity contribution >= 4 is 5.65 Å². The van der Waals surface area contributed by atoms with Gasteiger partial charge in [-0.15, -0.1) is 0 Å². The van der Waals surface area contributed by atoms with Crippen LogP contribution in [0.25, 0.3) is 5.65 Å². The molecule has 68 valence electrons. The van der Waals surface area contributed by atoms with E-state index in [0.717, 1.165) is 25.0 Å². The predicted octanol–water partition coefficient (Wildman–Crippen LogP) is 0.621. The number of aromatic nitrogens is 3. The predicted molar refractivity (Wildman–Crippen MR) is 50.4 cm³/mol. The first-order chi connectivity index (χ1) is 6.42. The Morgan fingerprint density at radius 2 is 2.38 bits per heavy atom. The fourth-order valence-corrected chi connectivity index (χ4v) is 1.39. The van der Waals surface area contributed by atoms with Crippen molar-refractivity contribution in [3.63, 3.8) is 0 Å². The van der Waals surface area contributed by atoms with Crippen molar-refractivity contribution in [2.24, 2.45) is 5.73 Å². The van der Waals surface area contributed by atoms with Gasteiger partial charge in [0.25, 0.3) is 0 Å². The molecule has 0 spiro atoms. The lowest BCUT2D eigenvalue weighted by atomic mass is 10.1. The second-order valence-corrected chi connectivity index (χ2v) is 2.95. The molecule has 0 aliphatic heterocycles. The Morgan fingerprint density at radius 3 is 3.23 bits per heavy atom. The highest BCUT2D eigenvalue weighted by Crippen LogP contribution is 2.08. The highest BCUT2D eigenvalue weighted by molar-refractivity contribution is 5.45. The average molecular weight is 176 g/mol. The van der Waals surface area contributed by atoms with Crippen LogP contribution in [0.3, 0.4) is 0 Å².